The van der Waals surface area contributed by atoms with Crippen molar-refractivity contribution in [1.29, 1.82) is 0 Å². The van der Waals surface area contributed by atoms with E-state index in [4.69, 9.17) is 9.47 Å². The number of nitrogens with zero attached hydrogens (tertiary/aromatic N) is 1. The van der Waals surface area contributed by atoms with Crippen LogP contribution < -0.4 is 5.32 Å². The van der Waals surface area contributed by atoms with E-state index < -0.39 is 5.79 Å². The Balaban J connectivity index is 1.86. The molecule has 0 spiro atoms. The predicted octanol–water partition coefficient (Wildman–Crippen LogP) is 2.25. The van der Waals surface area contributed by atoms with Crippen molar-refractivity contribution in [2.75, 3.05) is 13.2 Å². The van der Waals surface area contributed by atoms with Crippen LogP contribution in [0.4, 0.5) is 0 Å². The molecule has 1 aromatic heterocycles. The Morgan fingerprint density at radius 1 is 1.47 bits per heavy atom. The van der Waals surface area contributed by atoms with Crippen LogP contribution in [0.5, 0.6) is 0 Å². The van der Waals surface area contributed by atoms with E-state index in [2.05, 4.69) is 24.1 Å². The van der Waals surface area contributed by atoms with Gasteiger partial charge in [0.15, 0.2) is 5.79 Å². The molecule has 0 bridgehead atoms. The second kappa shape index (κ2) is 5.02. The molecule has 1 aromatic rings. The molecule has 0 saturated carbocycles. The molecule has 1 N–H and O–H groups in total. The third-order valence-corrected chi connectivity index (χ3v) is 3.86. The Labute approximate surface area is 106 Å². The molecule has 1 aliphatic rings. The van der Waals surface area contributed by atoms with Crippen molar-refractivity contribution in [1.82, 2.24) is 10.3 Å². The molecular formula is C12H20N2O2S. The molecule has 17 heavy (non-hydrogen) atoms. The molecule has 2 rings (SSSR count). The molecule has 0 aromatic carbocycles. The van der Waals surface area contributed by atoms with Crippen LogP contribution in [-0.2, 0) is 9.47 Å². The zero-order chi connectivity index (χ0) is 12.5. The van der Waals surface area contributed by atoms with Gasteiger partial charge in [0.2, 0.25) is 0 Å². The fraction of sp³-hybridized carbons (Fsp3) is 0.750. The molecule has 1 unspecified atom stereocenters. The molecular weight excluding hydrogens is 236 g/mol. The van der Waals surface area contributed by atoms with E-state index in [1.165, 1.54) is 4.88 Å². The first kappa shape index (κ1) is 13.0. The van der Waals surface area contributed by atoms with Gasteiger partial charge in [0, 0.05) is 11.1 Å². The number of hydrogen-bond donors (Lipinski definition) is 1. The van der Waals surface area contributed by atoms with Crippen LogP contribution in [0.15, 0.2) is 6.20 Å². The topological polar surface area (TPSA) is 43.4 Å². The van der Waals surface area contributed by atoms with Crippen LogP contribution in [0.2, 0.25) is 0 Å². The molecule has 5 heteroatoms. The van der Waals surface area contributed by atoms with Gasteiger partial charge in [-0.25, -0.2) is 4.98 Å². The summed E-state index contributed by atoms with van der Waals surface area (Å²) in [5.74, 6) is -0.445. The van der Waals surface area contributed by atoms with Crippen molar-refractivity contribution in [3.8, 4) is 0 Å². The highest BCUT2D eigenvalue weighted by Crippen LogP contribution is 2.22. The Kier molecular flexibility index (Phi) is 3.82. The smallest absolute Gasteiger partial charge is 0.162 e. The summed E-state index contributed by atoms with van der Waals surface area (Å²) in [5, 5.41) is 4.60. The first-order valence-electron chi connectivity index (χ1n) is 5.92. The van der Waals surface area contributed by atoms with Crippen molar-refractivity contribution in [2.45, 2.75) is 45.6 Å². The third kappa shape index (κ3) is 3.48. The monoisotopic (exact) mass is 256 g/mol. The highest BCUT2D eigenvalue weighted by Gasteiger charge is 2.29. The predicted molar refractivity (Wildman–Crippen MR) is 68.2 cm³/mol. The maximum atomic E-state index is 5.62. The Morgan fingerprint density at radius 3 is 2.65 bits per heavy atom. The van der Waals surface area contributed by atoms with Crippen molar-refractivity contribution < 1.29 is 9.47 Å². The van der Waals surface area contributed by atoms with Gasteiger partial charge in [-0.05, 0) is 27.7 Å². The molecule has 1 saturated heterocycles. The van der Waals surface area contributed by atoms with Crippen LogP contribution in [0.25, 0.3) is 0 Å². The lowest BCUT2D eigenvalue weighted by Gasteiger charge is -2.36. The summed E-state index contributed by atoms with van der Waals surface area (Å²) in [6, 6.07) is 0.481. The van der Waals surface area contributed by atoms with E-state index in [0.717, 1.165) is 5.01 Å². The Morgan fingerprint density at radius 2 is 2.12 bits per heavy atom. The van der Waals surface area contributed by atoms with Crippen LogP contribution in [-0.4, -0.2) is 30.0 Å². The summed E-state index contributed by atoms with van der Waals surface area (Å²) >= 11 is 1.73. The number of hydrogen-bond acceptors (Lipinski definition) is 5. The van der Waals surface area contributed by atoms with Gasteiger partial charge in [-0.1, -0.05) is 0 Å². The molecule has 0 aliphatic carbocycles. The summed E-state index contributed by atoms with van der Waals surface area (Å²) in [4.78, 5) is 5.63. The lowest BCUT2D eigenvalue weighted by Crippen LogP contribution is -2.49. The minimum absolute atomic E-state index is 0.238. The second-order valence-corrected chi connectivity index (χ2v) is 6.18. The largest absolute Gasteiger partial charge is 0.349 e. The van der Waals surface area contributed by atoms with Gasteiger partial charge >= 0.3 is 0 Å². The molecule has 0 amide bonds. The van der Waals surface area contributed by atoms with E-state index in [0.29, 0.717) is 13.2 Å². The number of aryl methyl sites for hydroxylation is 1. The van der Waals surface area contributed by atoms with E-state index in [9.17, 15) is 0 Å². The fourth-order valence-electron chi connectivity index (χ4n) is 1.79. The van der Waals surface area contributed by atoms with Crippen LogP contribution in [0, 0.1) is 6.92 Å². The van der Waals surface area contributed by atoms with Gasteiger partial charge in [-0.2, -0.15) is 0 Å². The molecule has 2 heterocycles. The average Bonchev–Trinajstić information content (AvgIpc) is 2.68. The minimum atomic E-state index is -0.445. The highest BCUT2D eigenvalue weighted by molar-refractivity contribution is 7.11. The second-order valence-electron chi connectivity index (χ2n) is 4.92. The standard InChI is InChI=1S/C12H20N2O2S/c1-8-5-13-11(17-8)9(2)14-10-6-15-12(3,4)16-7-10/h5,9-10,14H,6-7H2,1-4H3. The quantitative estimate of drug-likeness (QED) is 0.901. The van der Waals surface area contributed by atoms with Gasteiger partial charge in [0.1, 0.15) is 5.01 Å². The molecule has 0 radical (unpaired) electrons. The van der Waals surface area contributed by atoms with Gasteiger partial charge in [0.25, 0.3) is 0 Å². The first-order chi connectivity index (χ1) is 7.96. The summed E-state index contributed by atoms with van der Waals surface area (Å²) < 4.78 is 11.2. The molecule has 1 aliphatic heterocycles. The van der Waals surface area contributed by atoms with Gasteiger partial charge in [0.05, 0.1) is 25.3 Å². The summed E-state index contributed by atoms with van der Waals surface area (Å²) in [7, 11) is 0. The molecule has 4 nitrogen and oxygen atoms in total. The zero-order valence-corrected chi connectivity index (χ0v) is 11.6. The van der Waals surface area contributed by atoms with E-state index in [1.807, 2.05) is 20.0 Å². The van der Waals surface area contributed by atoms with Crippen molar-refractivity contribution >= 4 is 11.3 Å². The molecule has 1 fully saturated rings. The maximum Gasteiger partial charge on any atom is 0.162 e. The van der Waals surface area contributed by atoms with E-state index >= 15 is 0 Å². The van der Waals surface area contributed by atoms with Gasteiger partial charge < -0.3 is 14.8 Å². The minimum Gasteiger partial charge on any atom is -0.349 e. The number of thiazole rings is 1. The number of aromatic nitrogens is 1. The van der Waals surface area contributed by atoms with Crippen molar-refractivity contribution in [2.24, 2.45) is 0 Å². The highest BCUT2D eigenvalue weighted by atomic mass is 32.1. The SMILES string of the molecule is Cc1cnc(C(C)NC2COC(C)(C)OC2)s1. The fourth-order valence-corrected chi connectivity index (χ4v) is 2.57. The Hall–Kier alpha value is -0.490. The zero-order valence-electron chi connectivity index (χ0n) is 10.8. The Bertz CT molecular complexity index is 368. The van der Waals surface area contributed by atoms with Crippen molar-refractivity contribution in [3.63, 3.8) is 0 Å². The maximum absolute atomic E-state index is 5.62. The first-order valence-corrected chi connectivity index (χ1v) is 6.74. The van der Waals surface area contributed by atoms with Crippen molar-refractivity contribution in [3.05, 3.63) is 16.1 Å². The normalized spacial score (nSPS) is 22.6. The summed E-state index contributed by atoms with van der Waals surface area (Å²) in [5.41, 5.74) is 0. The van der Waals surface area contributed by atoms with Crippen LogP contribution in [0.3, 0.4) is 0 Å². The van der Waals surface area contributed by atoms with Crippen LogP contribution in [0.1, 0.15) is 36.7 Å². The average molecular weight is 256 g/mol. The van der Waals surface area contributed by atoms with E-state index in [-0.39, 0.29) is 12.1 Å². The third-order valence-electron chi connectivity index (χ3n) is 2.76. The van der Waals surface area contributed by atoms with Gasteiger partial charge in [-0.15, -0.1) is 11.3 Å². The van der Waals surface area contributed by atoms with Gasteiger partial charge in [-0.3, -0.25) is 0 Å². The lowest BCUT2D eigenvalue weighted by molar-refractivity contribution is -0.253. The number of ether oxygens (including phenoxy) is 2. The molecule has 96 valence electrons. The number of rotatable bonds is 3. The summed E-state index contributed by atoms with van der Waals surface area (Å²) in [6.07, 6.45) is 1.91. The van der Waals surface area contributed by atoms with Crippen LogP contribution >= 0.6 is 11.3 Å². The number of nitrogens with one attached hydrogen (secondary N) is 1. The molecule has 1 atom stereocenters. The van der Waals surface area contributed by atoms with E-state index in [1.54, 1.807) is 11.3 Å². The summed E-state index contributed by atoms with van der Waals surface area (Å²) in [6.45, 7) is 9.44. The lowest BCUT2D eigenvalue weighted by atomic mass is 10.2.